The smallest absolute Gasteiger partial charge is 0.401 e. The molecule has 0 amide bonds. The van der Waals surface area contributed by atoms with Crippen molar-refractivity contribution < 1.29 is 27.4 Å². The molecule has 0 aliphatic carbocycles. The predicted molar refractivity (Wildman–Crippen MR) is 71.4 cm³/mol. The monoisotopic (exact) mass is 305 g/mol. The van der Waals surface area contributed by atoms with Gasteiger partial charge in [0.15, 0.2) is 0 Å². The van der Waals surface area contributed by atoms with Crippen molar-refractivity contribution >= 4 is 5.97 Å². The van der Waals surface area contributed by atoms with Gasteiger partial charge in [0.05, 0.1) is 18.7 Å². The van der Waals surface area contributed by atoms with E-state index in [4.69, 9.17) is 9.47 Å². The molecule has 7 heteroatoms. The molecule has 1 aromatic carbocycles. The summed E-state index contributed by atoms with van der Waals surface area (Å²) in [5.41, 5.74) is 0.330. The third-order valence-electron chi connectivity index (χ3n) is 2.56. The van der Waals surface area contributed by atoms with Crippen LogP contribution < -0.4 is 4.74 Å². The average Bonchev–Trinajstić information content (AvgIpc) is 2.37. The van der Waals surface area contributed by atoms with Gasteiger partial charge in [-0.05, 0) is 38.2 Å². The molecule has 0 aliphatic heterocycles. The van der Waals surface area contributed by atoms with Crippen molar-refractivity contribution in [3.63, 3.8) is 0 Å². The van der Waals surface area contributed by atoms with E-state index in [0.29, 0.717) is 17.9 Å². The molecular weight excluding hydrogens is 287 g/mol. The molecule has 0 radical (unpaired) electrons. The number of carbonyl (C=O) groups excluding carboxylic acids is 1. The van der Waals surface area contributed by atoms with E-state index in [-0.39, 0.29) is 13.2 Å². The number of halogens is 3. The van der Waals surface area contributed by atoms with E-state index in [1.807, 2.05) is 6.92 Å². The number of rotatable bonds is 7. The van der Waals surface area contributed by atoms with Crippen molar-refractivity contribution in [2.45, 2.75) is 13.1 Å². The molecule has 0 spiro atoms. The van der Waals surface area contributed by atoms with Gasteiger partial charge in [-0.1, -0.05) is 0 Å². The van der Waals surface area contributed by atoms with Crippen molar-refractivity contribution in [3.05, 3.63) is 29.8 Å². The van der Waals surface area contributed by atoms with Crippen LogP contribution in [0.25, 0.3) is 0 Å². The Hall–Kier alpha value is -1.76. The van der Waals surface area contributed by atoms with E-state index in [1.54, 1.807) is 24.3 Å². The molecule has 0 N–H and O–H groups in total. The molecule has 0 saturated carbocycles. The molecule has 0 aromatic heterocycles. The van der Waals surface area contributed by atoms with E-state index >= 15 is 0 Å². The maximum Gasteiger partial charge on any atom is 0.401 e. The van der Waals surface area contributed by atoms with Gasteiger partial charge in [-0.25, -0.2) is 4.79 Å². The lowest BCUT2D eigenvalue weighted by Crippen LogP contribution is -2.33. The van der Waals surface area contributed by atoms with Gasteiger partial charge in [-0.15, -0.1) is 0 Å². The zero-order chi connectivity index (χ0) is 15.9. The third-order valence-corrected chi connectivity index (χ3v) is 2.56. The number of hydrogen-bond acceptors (Lipinski definition) is 4. The predicted octanol–water partition coefficient (Wildman–Crippen LogP) is 2.74. The lowest BCUT2D eigenvalue weighted by molar-refractivity contribution is -0.143. The Morgan fingerprint density at radius 2 is 1.86 bits per heavy atom. The van der Waals surface area contributed by atoms with Crippen LogP contribution in [-0.2, 0) is 4.74 Å². The summed E-state index contributed by atoms with van der Waals surface area (Å²) in [5.74, 6) is 0.0671. The van der Waals surface area contributed by atoms with Crippen LogP contribution in [0, 0.1) is 0 Å². The molecular formula is C14H18F3NO3. The van der Waals surface area contributed by atoms with Gasteiger partial charge < -0.3 is 9.47 Å². The summed E-state index contributed by atoms with van der Waals surface area (Å²) in [5, 5.41) is 0. The fourth-order valence-electron chi connectivity index (χ4n) is 1.62. The Labute approximate surface area is 121 Å². The highest BCUT2D eigenvalue weighted by molar-refractivity contribution is 5.89. The molecule has 1 rings (SSSR count). The number of nitrogens with zero attached hydrogens (tertiary/aromatic N) is 1. The molecule has 0 heterocycles. The largest absolute Gasteiger partial charge is 0.494 e. The summed E-state index contributed by atoms with van der Waals surface area (Å²) in [4.78, 5) is 12.7. The van der Waals surface area contributed by atoms with Crippen LogP contribution in [0.1, 0.15) is 17.3 Å². The topological polar surface area (TPSA) is 38.8 Å². The van der Waals surface area contributed by atoms with Crippen LogP contribution in [0.2, 0.25) is 0 Å². The first kappa shape index (κ1) is 17.3. The zero-order valence-corrected chi connectivity index (χ0v) is 11.9. The number of benzene rings is 1. The second-order valence-electron chi connectivity index (χ2n) is 4.45. The zero-order valence-electron chi connectivity index (χ0n) is 11.9. The molecule has 118 valence electrons. The Bertz CT molecular complexity index is 446. The normalized spacial score (nSPS) is 11.5. The van der Waals surface area contributed by atoms with Gasteiger partial charge >= 0.3 is 12.1 Å². The minimum absolute atomic E-state index is 0.0162. The fraction of sp³-hybridized carbons (Fsp3) is 0.500. The molecule has 0 bridgehead atoms. The van der Waals surface area contributed by atoms with Gasteiger partial charge in [-0.3, -0.25) is 4.90 Å². The lowest BCUT2D eigenvalue weighted by Gasteiger charge is -2.18. The maximum atomic E-state index is 12.1. The van der Waals surface area contributed by atoms with E-state index in [9.17, 15) is 18.0 Å². The average molecular weight is 305 g/mol. The fourth-order valence-corrected chi connectivity index (χ4v) is 1.62. The highest BCUT2D eigenvalue weighted by Crippen LogP contribution is 2.15. The Kier molecular flexibility index (Phi) is 6.48. The quantitative estimate of drug-likeness (QED) is 0.726. The van der Waals surface area contributed by atoms with Gasteiger partial charge in [0.25, 0.3) is 0 Å². The molecule has 21 heavy (non-hydrogen) atoms. The Morgan fingerprint density at radius 1 is 1.24 bits per heavy atom. The minimum Gasteiger partial charge on any atom is -0.494 e. The second-order valence-corrected chi connectivity index (χ2v) is 4.45. The van der Waals surface area contributed by atoms with Crippen LogP contribution in [0.4, 0.5) is 13.2 Å². The number of carbonyl (C=O) groups is 1. The van der Waals surface area contributed by atoms with Crippen LogP contribution in [0.15, 0.2) is 24.3 Å². The summed E-state index contributed by atoms with van der Waals surface area (Å²) in [7, 11) is 1.32. The third kappa shape index (κ3) is 6.99. The molecule has 4 nitrogen and oxygen atoms in total. The lowest BCUT2D eigenvalue weighted by atomic mass is 10.2. The Morgan fingerprint density at radius 3 is 2.38 bits per heavy atom. The molecule has 0 fully saturated rings. The van der Waals surface area contributed by atoms with E-state index in [1.165, 1.54) is 7.05 Å². The molecule has 0 atom stereocenters. The van der Waals surface area contributed by atoms with E-state index in [0.717, 1.165) is 4.90 Å². The number of esters is 1. The van der Waals surface area contributed by atoms with E-state index < -0.39 is 18.7 Å². The number of alkyl halides is 3. The summed E-state index contributed by atoms with van der Waals surface area (Å²) < 4.78 is 46.4. The van der Waals surface area contributed by atoms with Crippen LogP contribution in [-0.4, -0.2) is 50.4 Å². The van der Waals surface area contributed by atoms with Crippen molar-refractivity contribution in [1.29, 1.82) is 0 Å². The van der Waals surface area contributed by atoms with E-state index in [2.05, 4.69) is 0 Å². The summed E-state index contributed by atoms with van der Waals surface area (Å²) in [6.45, 7) is 1.25. The van der Waals surface area contributed by atoms with Crippen molar-refractivity contribution in [2.24, 2.45) is 0 Å². The highest BCUT2D eigenvalue weighted by atomic mass is 19.4. The number of likely N-dealkylation sites (N-methyl/N-ethyl adjacent to an activating group) is 1. The van der Waals surface area contributed by atoms with Gasteiger partial charge in [0.1, 0.15) is 12.4 Å². The molecule has 0 saturated heterocycles. The molecule has 0 unspecified atom stereocenters. The second kappa shape index (κ2) is 7.87. The summed E-state index contributed by atoms with van der Waals surface area (Å²) >= 11 is 0. The Balaban J connectivity index is 2.36. The summed E-state index contributed by atoms with van der Waals surface area (Å²) in [6, 6.07) is 6.37. The molecule has 0 aliphatic rings. The van der Waals surface area contributed by atoms with Crippen LogP contribution in [0.5, 0.6) is 5.75 Å². The standard InChI is InChI=1S/C14H18F3NO3/c1-3-20-12-6-4-11(5-7-12)13(19)21-9-8-18(2)10-14(15,16)17/h4-7H,3,8-10H2,1-2H3. The maximum absolute atomic E-state index is 12.1. The number of ether oxygens (including phenoxy) is 2. The highest BCUT2D eigenvalue weighted by Gasteiger charge is 2.28. The van der Waals surface area contributed by atoms with Gasteiger partial charge in [0.2, 0.25) is 0 Å². The van der Waals surface area contributed by atoms with Crippen molar-refractivity contribution in [2.75, 3.05) is 33.4 Å². The first-order chi connectivity index (χ1) is 9.81. The van der Waals surface area contributed by atoms with Gasteiger partial charge in [0, 0.05) is 6.54 Å². The first-order valence-corrected chi connectivity index (χ1v) is 6.47. The van der Waals surface area contributed by atoms with Gasteiger partial charge in [-0.2, -0.15) is 13.2 Å². The van der Waals surface area contributed by atoms with Crippen LogP contribution in [0.3, 0.4) is 0 Å². The molecule has 1 aromatic rings. The minimum atomic E-state index is -4.26. The summed E-state index contributed by atoms with van der Waals surface area (Å²) in [6.07, 6.45) is -4.26. The number of hydrogen-bond donors (Lipinski definition) is 0. The van der Waals surface area contributed by atoms with Crippen molar-refractivity contribution in [1.82, 2.24) is 4.90 Å². The first-order valence-electron chi connectivity index (χ1n) is 6.47. The SMILES string of the molecule is CCOc1ccc(C(=O)OCCN(C)CC(F)(F)F)cc1. The van der Waals surface area contributed by atoms with Crippen molar-refractivity contribution in [3.8, 4) is 5.75 Å². The van der Waals surface area contributed by atoms with Crippen LogP contribution >= 0.6 is 0 Å².